The molecule has 0 saturated heterocycles. The Balaban J connectivity index is 2.01. The molecule has 1 atom stereocenters. The summed E-state index contributed by atoms with van der Waals surface area (Å²) < 4.78 is 48.8. The molecule has 4 aromatic carbocycles. The third kappa shape index (κ3) is 4.54. The van der Waals surface area contributed by atoms with Crippen LogP contribution in [0.15, 0.2) is 112 Å². The van der Waals surface area contributed by atoms with Gasteiger partial charge in [0, 0.05) is 6.04 Å². The second-order valence-corrected chi connectivity index (χ2v) is 9.55. The van der Waals surface area contributed by atoms with Crippen molar-refractivity contribution < 1.29 is 17.6 Å². The topological polar surface area (TPSA) is 61.2 Å². The van der Waals surface area contributed by atoms with Crippen LogP contribution in [0.3, 0.4) is 0 Å². The monoisotopic (exact) mass is 516 g/mol. The average molecular weight is 517 g/mol. The first-order valence-corrected chi connectivity index (χ1v) is 12.4. The number of aromatic nitrogens is 1. The summed E-state index contributed by atoms with van der Waals surface area (Å²) in [4.78, 5) is 13.9. The van der Waals surface area contributed by atoms with E-state index in [1.165, 1.54) is 10.6 Å². The van der Waals surface area contributed by atoms with E-state index in [1.807, 2.05) is 91.0 Å². The van der Waals surface area contributed by atoms with Crippen molar-refractivity contribution in [3.05, 3.63) is 141 Å². The van der Waals surface area contributed by atoms with Crippen molar-refractivity contribution in [3.63, 3.8) is 0 Å². The van der Waals surface area contributed by atoms with Gasteiger partial charge in [0.25, 0.3) is 0 Å². The molecule has 4 nitrogen and oxygen atoms in total. The van der Waals surface area contributed by atoms with E-state index in [2.05, 4.69) is 0 Å². The number of alkyl halides is 3. The molecule has 0 unspecified atom stereocenters. The Morgan fingerprint density at radius 2 is 1.21 bits per heavy atom. The molecule has 38 heavy (non-hydrogen) atoms. The minimum atomic E-state index is -4.50. The molecule has 0 aliphatic heterocycles. The van der Waals surface area contributed by atoms with Crippen LogP contribution in [0.2, 0.25) is 0 Å². The Kier molecular flexibility index (Phi) is 6.71. The highest BCUT2D eigenvalue weighted by molar-refractivity contribution is 5.82. The number of hydrogen-bond acceptors (Lipinski definition) is 3. The van der Waals surface area contributed by atoms with E-state index >= 15 is 0 Å². The highest BCUT2D eigenvalue weighted by atomic mass is 19.4. The maximum Gasteiger partial charge on any atom is 0.421 e. The third-order valence-corrected chi connectivity index (χ3v) is 6.74. The summed E-state index contributed by atoms with van der Waals surface area (Å²) >= 11 is 0. The van der Waals surface area contributed by atoms with Crippen LogP contribution in [0, 0.1) is 0 Å². The SMILES string of the molecule is C[C@@H](N)Cc1ccc(CC(F)(F)F)c2c1oc(=O)n2C(c1ccccc1)(c1ccccc1)c1ccccc1. The van der Waals surface area contributed by atoms with Crippen LogP contribution in [-0.4, -0.2) is 16.8 Å². The van der Waals surface area contributed by atoms with E-state index < -0.39 is 23.9 Å². The summed E-state index contributed by atoms with van der Waals surface area (Å²) in [6, 6.07) is 30.6. The van der Waals surface area contributed by atoms with E-state index in [0.29, 0.717) is 28.7 Å². The molecule has 0 amide bonds. The molecule has 0 radical (unpaired) electrons. The lowest BCUT2D eigenvalue weighted by atomic mass is 9.76. The minimum absolute atomic E-state index is 0.0426. The Morgan fingerprint density at radius 3 is 1.63 bits per heavy atom. The van der Waals surface area contributed by atoms with Gasteiger partial charge >= 0.3 is 11.9 Å². The van der Waals surface area contributed by atoms with Gasteiger partial charge in [-0.05, 0) is 41.2 Å². The van der Waals surface area contributed by atoms with Crippen LogP contribution in [0.4, 0.5) is 13.2 Å². The molecule has 5 rings (SSSR count). The minimum Gasteiger partial charge on any atom is -0.407 e. The first-order chi connectivity index (χ1) is 18.2. The van der Waals surface area contributed by atoms with Gasteiger partial charge in [-0.1, -0.05) is 103 Å². The third-order valence-electron chi connectivity index (χ3n) is 6.74. The molecule has 1 heterocycles. The van der Waals surface area contributed by atoms with Gasteiger partial charge in [0.05, 0.1) is 11.9 Å². The lowest BCUT2D eigenvalue weighted by molar-refractivity contribution is -0.127. The molecule has 0 bridgehead atoms. The lowest BCUT2D eigenvalue weighted by Crippen LogP contribution is -2.43. The second kappa shape index (κ2) is 9.99. The van der Waals surface area contributed by atoms with Gasteiger partial charge in [0.2, 0.25) is 0 Å². The first kappa shape index (κ1) is 25.5. The van der Waals surface area contributed by atoms with E-state index in [-0.39, 0.29) is 22.7 Å². The van der Waals surface area contributed by atoms with E-state index in [0.717, 1.165) is 0 Å². The maximum atomic E-state index is 13.9. The quantitative estimate of drug-likeness (QED) is 0.254. The van der Waals surface area contributed by atoms with Crippen LogP contribution in [-0.2, 0) is 18.4 Å². The van der Waals surface area contributed by atoms with Gasteiger partial charge in [-0.2, -0.15) is 13.2 Å². The maximum absolute atomic E-state index is 13.9. The lowest BCUT2D eigenvalue weighted by Gasteiger charge is -2.37. The first-order valence-electron chi connectivity index (χ1n) is 12.4. The van der Waals surface area contributed by atoms with Crippen molar-refractivity contribution in [3.8, 4) is 0 Å². The fourth-order valence-electron chi connectivity index (χ4n) is 5.33. The zero-order valence-electron chi connectivity index (χ0n) is 20.8. The Hall–Kier alpha value is -4.10. The predicted molar refractivity (Wildman–Crippen MR) is 142 cm³/mol. The second-order valence-electron chi connectivity index (χ2n) is 9.55. The number of hydrogen-bond donors (Lipinski definition) is 1. The van der Waals surface area contributed by atoms with Crippen LogP contribution in [0.1, 0.15) is 34.7 Å². The Morgan fingerprint density at radius 1 is 0.763 bits per heavy atom. The van der Waals surface area contributed by atoms with Crippen molar-refractivity contribution in [1.82, 2.24) is 4.57 Å². The van der Waals surface area contributed by atoms with Gasteiger partial charge in [0.15, 0.2) is 5.58 Å². The number of fused-ring (bicyclic) bond motifs is 1. The van der Waals surface area contributed by atoms with E-state index in [9.17, 15) is 18.0 Å². The molecule has 7 heteroatoms. The zero-order chi connectivity index (χ0) is 26.9. The fraction of sp³-hybridized carbons (Fsp3) is 0.194. The summed E-state index contributed by atoms with van der Waals surface area (Å²) in [6.45, 7) is 1.80. The summed E-state index contributed by atoms with van der Waals surface area (Å²) in [5.41, 5.74) is 7.63. The number of halogens is 3. The average Bonchev–Trinajstić information content (AvgIpc) is 3.25. The molecular formula is C31H27F3N2O2. The molecular weight excluding hydrogens is 489 g/mol. The number of benzene rings is 4. The summed E-state index contributed by atoms with van der Waals surface area (Å²) in [6.07, 6.45) is -5.37. The number of nitrogens with zero attached hydrogens (tertiary/aromatic N) is 1. The van der Waals surface area contributed by atoms with Crippen LogP contribution >= 0.6 is 0 Å². The summed E-state index contributed by atoms with van der Waals surface area (Å²) in [7, 11) is 0. The van der Waals surface area contributed by atoms with Crippen molar-refractivity contribution in [2.45, 2.75) is 37.5 Å². The molecule has 1 aromatic heterocycles. The van der Waals surface area contributed by atoms with Gasteiger partial charge in [0.1, 0.15) is 5.54 Å². The molecule has 5 aromatic rings. The highest BCUT2D eigenvalue weighted by Crippen LogP contribution is 2.43. The zero-order valence-corrected chi connectivity index (χ0v) is 20.8. The largest absolute Gasteiger partial charge is 0.421 e. The highest BCUT2D eigenvalue weighted by Gasteiger charge is 2.43. The van der Waals surface area contributed by atoms with Gasteiger partial charge in [-0.3, -0.25) is 4.57 Å². The van der Waals surface area contributed by atoms with E-state index in [1.54, 1.807) is 13.0 Å². The molecule has 0 fully saturated rings. The smallest absolute Gasteiger partial charge is 0.407 e. The summed E-state index contributed by atoms with van der Waals surface area (Å²) in [5, 5.41) is 0. The van der Waals surface area contributed by atoms with Gasteiger partial charge in [-0.25, -0.2) is 4.79 Å². The van der Waals surface area contributed by atoms with Crippen LogP contribution in [0.5, 0.6) is 0 Å². The Bertz CT molecular complexity index is 1490. The normalized spacial score (nSPS) is 13.1. The van der Waals surface area contributed by atoms with Gasteiger partial charge < -0.3 is 10.2 Å². The summed E-state index contributed by atoms with van der Waals surface area (Å²) in [5.74, 6) is -0.753. The molecule has 0 spiro atoms. The molecule has 2 N–H and O–H groups in total. The molecule has 194 valence electrons. The molecule has 0 saturated carbocycles. The fourth-order valence-corrected chi connectivity index (χ4v) is 5.33. The molecule has 0 aliphatic rings. The van der Waals surface area contributed by atoms with Crippen LogP contribution in [0.25, 0.3) is 11.1 Å². The van der Waals surface area contributed by atoms with Crippen molar-refractivity contribution in [2.24, 2.45) is 5.73 Å². The van der Waals surface area contributed by atoms with Crippen molar-refractivity contribution in [1.29, 1.82) is 0 Å². The Labute approximate surface area is 218 Å². The van der Waals surface area contributed by atoms with Crippen molar-refractivity contribution >= 4 is 11.1 Å². The number of nitrogens with two attached hydrogens (primary N) is 1. The predicted octanol–water partition coefficient (Wildman–Crippen LogP) is 6.43. The van der Waals surface area contributed by atoms with E-state index in [4.69, 9.17) is 10.2 Å². The standard InChI is InChI=1S/C31H27F3N2O2/c1-21(35)19-22-17-18-23(20-30(32,33)34)27-28(22)38-29(37)36(27)31(24-11-5-2-6-12-24,25-13-7-3-8-14-25)26-15-9-4-10-16-26/h2-18,21H,19-20,35H2,1H3/t21-/m1/s1. The molecule has 0 aliphatic carbocycles. The van der Waals surface area contributed by atoms with Crippen molar-refractivity contribution in [2.75, 3.05) is 0 Å². The number of rotatable bonds is 7. The van der Waals surface area contributed by atoms with Gasteiger partial charge in [-0.15, -0.1) is 0 Å². The van der Waals surface area contributed by atoms with Crippen LogP contribution < -0.4 is 11.5 Å². The number of oxazole rings is 1.